The number of ether oxygens (including phenoxy) is 3. The van der Waals surface area contributed by atoms with Crippen molar-refractivity contribution in [2.45, 2.75) is 89.9 Å². The summed E-state index contributed by atoms with van der Waals surface area (Å²) in [5.74, 6) is -0.275. The molecule has 1 N–H and O–H groups in total. The van der Waals surface area contributed by atoms with Crippen molar-refractivity contribution in [2.75, 3.05) is 25.6 Å². The van der Waals surface area contributed by atoms with E-state index in [1.807, 2.05) is 0 Å². The lowest BCUT2D eigenvalue weighted by molar-refractivity contribution is -0.228. The largest absolute Gasteiger partial charge is 0.373 e. The van der Waals surface area contributed by atoms with Crippen LogP contribution in [0.4, 0.5) is 0 Å². The van der Waals surface area contributed by atoms with Gasteiger partial charge in [0.05, 0.1) is 19.0 Å². The zero-order chi connectivity index (χ0) is 18.4. The highest BCUT2D eigenvalue weighted by Gasteiger charge is 2.22. The fraction of sp³-hybridized carbons (Fsp3) is 1.00. The second-order valence-corrected chi connectivity index (χ2v) is 8.42. The fourth-order valence-electron chi connectivity index (χ4n) is 2.90. The Morgan fingerprint density at radius 3 is 2.04 bits per heavy atom. The molecule has 0 unspecified atom stereocenters. The van der Waals surface area contributed by atoms with Crippen LogP contribution in [0.2, 0.25) is 0 Å². The van der Waals surface area contributed by atoms with Crippen LogP contribution in [0.5, 0.6) is 0 Å². The van der Waals surface area contributed by atoms with Crippen molar-refractivity contribution in [1.82, 2.24) is 0 Å². The van der Waals surface area contributed by atoms with Crippen LogP contribution in [-0.4, -0.2) is 50.9 Å². The Balaban J connectivity index is 1.90. The number of unbranched alkanes of at least 4 members (excludes halogenated alkanes) is 8. The standard InChI is InChI=1S/C18H36O6S/c1-2-3-4-5-6-7-8-9-10-12-18-23-15-17(16-24-18)22-13-11-14-25(19,20)21/h17-18H,2-16H2,1H3,(H,19,20,21). The Labute approximate surface area is 153 Å². The van der Waals surface area contributed by atoms with E-state index in [-0.39, 0.29) is 31.2 Å². The van der Waals surface area contributed by atoms with Crippen LogP contribution in [-0.2, 0) is 24.3 Å². The SMILES string of the molecule is CCCCCCCCCCCC1OCC(OCCCS(=O)(=O)O)CO1. The van der Waals surface area contributed by atoms with Gasteiger partial charge in [0.15, 0.2) is 6.29 Å². The Morgan fingerprint density at radius 1 is 0.920 bits per heavy atom. The third-order valence-electron chi connectivity index (χ3n) is 4.38. The molecule has 150 valence electrons. The summed E-state index contributed by atoms with van der Waals surface area (Å²) in [5.41, 5.74) is 0. The number of rotatable bonds is 15. The highest BCUT2D eigenvalue weighted by molar-refractivity contribution is 7.85. The molecule has 25 heavy (non-hydrogen) atoms. The van der Waals surface area contributed by atoms with Crippen LogP contribution in [0.15, 0.2) is 0 Å². The van der Waals surface area contributed by atoms with E-state index in [0.29, 0.717) is 13.2 Å². The minimum Gasteiger partial charge on any atom is -0.373 e. The van der Waals surface area contributed by atoms with Gasteiger partial charge in [-0.15, -0.1) is 0 Å². The van der Waals surface area contributed by atoms with Crippen LogP contribution >= 0.6 is 0 Å². The Kier molecular flexibility index (Phi) is 12.7. The van der Waals surface area contributed by atoms with E-state index in [4.69, 9.17) is 18.8 Å². The molecule has 0 atom stereocenters. The predicted octanol–water partition coefficient (Wildman–Crippen LogP) is 3.94. The lowest BCUT2D eigenvalue weighted by Gasteiger charge is -2.29. The maximum atomic E-state index is 10.6. The molecule has 0 amide bonds. The molecule has 6 nitrogen and oxygen atoms in total. The highest BCUT2D eigenvalue weighted by atomic mass is 32.2. The molecule has 0 radical (unpaired) electrons. The van der Waals surface area contributed by atoms with Crippen molar-refractivity contribution in [3.8, 4) is 0 Å². The molecule has 0 aromatic heterocycles. The normalized spacial score (nSPS) is 21.5. The summed E-state index contributed by atoms with van der Waals surface area (Å²) in [4.78, 5) is 0. The zero-order valence-electron chi connectivity index (χ0n) is 15.7. The first kappa shape index (κ1) is 22.8. The smallest absolute Gasteiger partial charge is 0.264 e. The molecule has 1 rings (SSSR count). The molecule has 7 heteroatoms. The summed E-state index contributed by atoms with van der Waals surface area (Å²) >= 11 is 0. The first-order valence-corrected chi connectivity index (χ1v) is 11.4. The van der Waals surface area contributed by atoms with Gasteiger partial charge in [0.1, 0.15) is 6.10 Å². The van der Waals surface area contributed by atoms with Gasteiger partial charge in [-0.25, -0.2) is 0 Å². The average molecular weight is 381 g/mol. The molecule has 0 bridgehead atoms. The van der Waals surface area contributed by atoms with E-state index in [2.05, 4.69) is 6.92 Å². The maximum Gasteiger partial charge on any atom is 0.264 e. The molecule has 0 spiro atoms. The van der Waals surface area contributed by atoms with Crippen LogP contribution < -0.4 is 0 Å². The van der Waals surface area contributed by atoms with Gasteiger partial charge in [-0.2, -0.15) is 8.42 Å². The fourth-order valence-corrected chi connectivity index (χ4v) is 3.38. The van der Waals surface area contributed by atoms with Crippen LogP contribution in [0.1, 0.15) is 77.6 Å². The Morgan fingerprint density at radius 2 is 1.48 bits per heavy atom. The summed E-state index contributed by atoms with van der Waals surface area (Å²) < 4.78 is 46.6. The maximum absolute atomic E-state index is 10.6. The van der Waals surface area contributed by atoms with E-state index in [1.54, 1.807) is 0 Å². The monoisotopic (exact) mass is 380 g/mol. The minimum atomic E-state index is -3.90. The van der Waals surface area contributed by atoms with Crippen molar-refractivity contribution in [3.05, 3.63) is 0 Å². The van der Waals surface area contributed by atoms with E-state index < -0.39 is 10.1 Å². The van der Waals surface area contributed by atoms with Crippen molar-refractivity contribution in [3.63, 3.8) is 0 Å². The summed E-state index contributed by atoms with van der Waals surface area (Å²) in [6.07, 6.45) is 12.6. The molecule has 0 aromatic rings. The highest BCUT2D eigenvalue weighted by Crippen LogP contribution is 2.16. The van der Waals surface area contributed by atoms with Crippen LogP contribution in [0.3, 0.4) is 0 Å². The third-order valence-corrected chi connectivity index (χ3v) is 5.18. The molecule has 1 heterocycles. The summed E-state index contributed by atoms with van der Waals surface area (Å²) in [6.45, 7) is 3.48. The zero-order valence-corrected chi connectivity index (χ0v) is 16.5. The van der Waals surface area contributed by atoms with Crippen molar-refractivity contribution in [1.29, 1.82) is 0 Å². The van der Waals surface area contributed by atoms with Crippen LogP contribution in [0.25, 0.3) is 0 Å². The Bertz CT molecular complexity index is 404. The van der Waals surface area contributed by atoms with Crippen molar-refractivity contribution in [2.24, 2.45) is 0 Å². The summed E-state index contributed by atoms with van der Waals surface area (Å²) in [5, 5.41) is 0. The van der Waals surface area contributed by atoms with Gasteiger partial charge in [0.25, 0.3) is 10.1 Å². The molecule has 0 saturated carbocycles. The predicted molar refractivity (Wildman–Crippen MR) is 98.3 cm³/mol. The number of hydrogen-bond donors (Lipinski definition) is 1. The van der Waals surface area contributed by atoms with E-state index in [0.717, 1.165) is 12.8 Å². The quantitative estimate of drug-likeness (QED) is 0.342. The first-order chi connectivity index (χ1) is 12.0. The topological polar surface area (TPSA) is 82.1 Å². The molecule has 1 aliphatic heterocycles. The summed E-state index contributed by atoms with van der Waals surface area (Å²) in [7, 11) is -3.90. The van der Waals surface area contributed by atoms with Gasteiger partial charge in [-0.3, -0.25) is 4.55 Å². The molecular weight excluding hydrogens is 344 g/mol. The third kappa shape index (κ3) is 13.6. The lowest BCUT2D eigenvalue weighted by Crippen LogP contribution is -2.37. The van der Waals surface area contributed by atoms with Crippen molar-refractivity contribution >= 4 is 10.1 Å². The molecule has 1 aliphatic rings. The van der Waals surface area contributed by atoms with Gasteiger partial charge in [0.2, 0.25) is 0 Å². The van der Waals surface area contributed by atoms with E-state index in [9.17, 15) is 8.42 Å². The molecule has 0 aliphatic carbocycles. The summed E-state index contributed by atoms with van der Waals surface area (Å²) in [6, 6.07) is 0. The molecule has 1 saturated heterocycles. The van der Waals surface area contributed by atoms with Gasteiger partial charge < -0.3 is 14.2 Å². The minimum absolute atomic E-state index is 0.137. The Hall–Kier alpha value is -0.210. The molecule has 1 fully saturated rings. The molecule has 0 aromatic carbocycles. The second-order valence-electron chi connectivity index (χ2n) is 6.85. The number of hydrogen-bond acceptors (Lipinski definition) is 5. The average Bonchev–Trinajstić information content (AvgIpc) is 2.57. The van der Waals surface area contributed by atoms with Gasteiger partial charge >= 0.3 is 0 Å². The second kappa shape index (κ2) is 13.9. The van der Waals surface area contributed by atoms with E-state index >= 15 is 0 Å². The van der Waals surface area contributed by atoms with Gasteiger partial charge in [-0.05, 0) is 19.3 Å². The van der Waals surface area contributed by atoms with E-state index in [1.165, 1.54) is 51.4 Å². The van der Waals surface area contributed by atoms with Crippen LogP contribution in [0, 0.1) is 0 Å². The van der Waals surface area contributed by atoms with Gasteiger partial charge in [-0.1, -0.05) is 58.3 Å². The first-order valence-electron chi connectivity index (χ1n) is 9.81. The lowest BCUT2D eigenvalue weighted by atomic mass is 10.1. The van der Waals surface area contributed by atoms with Crippen molar-refractivity contribution < 1.29 is 27.2 Å². The van der Waals surface area contributed by atoms with Gasteiger partial charge in [0, 0.05) is 6.61 Å². The molecular formula is C18H36O6S.